The predicted molar refractivity (Wildman–Crippen MR) is 125 cm³/mol. The van der Waals surface area contributed by atoms with Gasteiger partial charge in [-0.05, 0) is 69.4 Å². The Morgan fingerprint density at radius 2 is 1.87 bits per heavy atom. The van der Waals surface area contributed by atoms with E-state index >= 15 is 0 Å². The molecule has 1 saturated heterocycles. The van der Waals surface area contributed by atoms with Gasteiger partial charge in [-0.15, -0.1) is 0 Å². The lowest BCUT2D eigenvalue weighted by atomic mass is 9.96. The second kappa shape index (κ2) is 12.9. The lowest BCUT2D eigenvalue weighted by molar-refractivity contribution is -0.123. The summed E-state index contributed by atoms with van der Waals surface area (Å²) < 4.78 is 0. The van der Waals surface area contributed by atoms with Crippen LogP contribution in [0.4, 0.5) is 0 Å². The van der Waals surface area contributed by atoms with Crippen LogP contribution in [0.2, 0.25) is 0 Å². The number of piperidine rings is 1. The number of aliphatic imine (C=N–C) groups is 1. The second-order valence-electron chi connectivity index (χ2n) is 8.30. The number of carbonyl (C=O) groups is 2. The minimum Gasteiger partial charge on any atom is -0.369 e. The highest BCUT2D eigenvalue weighted by atomic mass is 16.2. The summed E-state index contributed by atoms with van der Waals surface area (Å²) in [6.45, 7) is 4.59. The third-order valence-corrected chi connectivity index (χ3v) is 5.69. The van der Waals surface area contributed by atoms with Crippen LogP contribution in [0.15, 0.2) is 29.3 Å². The van der Waals surface area contributed by atoms with E-state index in [0.29, 0.717) is 5.56 Å². The zero-order valence-electron chi connectivity index (χ0n) is 19.2. The van der Waals surface area contributed by atoms with E-state index in [1.54, 1.807) is 26.0 Å². The molecule has 0 radical (unpaired) electrons. The zero-order valence-corrected chi connectivity index (χ0v) is 19.2. The van der Waals surface area contributed by atoms with Crippen molar-refractivity contribution in [1.29, 1.82) is 0 Å². The molecule has 4 N–H and O–H groups in total. The van der Waals surface area contributed by atoms with Gasteiger partial charge in [0.1, 0.15) is 0 Å². The molecular formula is C23H38N6O2. The van der Waals surface area contributed by atoms with Crippen LogP contribution < -0.4 is 16.4 Å². The highest BCUT2D eigenvalue weighted by molar-refractivity contribution is 5.94. The molecule has 1 aromatic rings. The van der Waals surface area contributed by atoms with Crippen molar-refractivity contribution in [3.05, 3.63) is 35.4 Å². The fraction of sp³-hybridized carbons (Fsp3) is 0.609. The van der Waals surface area contributed by atoms with Crippen molar-refractivity contribution in [3.8, 4) is 0 Å². The minimum atomic E-state index is -0.155. The van der Waals surface area contributed by atoms with Crippen molar-refractivity contribution in [2.24, 2.45) is 16.6 Å². The van der Waals surface area contributed by atoms with E-state index in [1.165, 1.54) is 0 Å². The highest BCUT2D eigenvalue weighted by Gasteiger charge is 2.22. The van der Waals surface area contributed by atoms with Gasteiger partial charge in [-0.3, -0.25) is 14.6 Å². The summed E-state index contributed by atoms with van der Waals surface area (Å²) in [5.74, 6) is 0.716. The van der Waals surface area contributed by atoms with E-state index in [0.717, 1.165) is 76.4 Å². The van der Waals surface area contributed by atoms with Gasteiger partial charge in [-0.2, -0.15) is 0 Å². The molecule has 2 rings (SSSR count). The number of nitrogens with one attached hydrogen (secondary N) is 2. The lowest BCUT2D eigenvalue weighted by Crippen LogP contribution is -2.40. The van der Waals surface area contributed by atoms with Crippen molar-refractivity contribution in [2.45, 2.75) is 32.1 Å². The van der Waals surface area contributed by atoms with E-state index in [2.05, 4.69) is 20.5 Å². The van der Waals surface area contributed by atoms with Gasteiger partial charge in [-0.25, -0.2) is 0 Å². The number of likely N-dealkylation sites (tertiary alicyclic amines) is 1. The number of carbonyl (C=O) groups excluding carboxylic acids is 2. The fourth-order valence-corrected chi connectivity index (χ4v) is 3.77. The molecule has 1 fully saturated rings. The number of hydrogen-bond donors (Lipinski definition) is 3. The molecule has 31 heavy (non-hydrogen) atoms. The lowest BCUT2D eigenvalue weighted by Gasteiger charge is -2.30. The van der Waals surface area contributed by atoms with Crippen LogP contribution in [0.5, 0.6) is 0 Å². The fourth-order valence-electron chi connectivity index (χ4n) is 3.77. The smallest absolute Gasteiger partial charge is 0.253 e. The van der Waals surface area contributed by atoms with Gasteiger partial charge in [0.05, 0.1) is 0 Å². The van der Waals surface area contributed by atoms with Gasteiger partial charge in [0.2, 0.25) is 5.91 Å². The molecular weight excluding hydrogens is 392 g/mol. The Bertz CT molecular complexity index is 741. The molecule has 1 heterocycles. The third-order valence-electron chi connectivity index (χ3n) is 5.69. The topological polar surface area (TPSA) is 103 Å². The number of unbranched alkanes of at least 4 members (excludes halogenated alkanes) is 1. The standard InChI is InChI=1S/C23H38N6O2/c1-25-23(26-12-4-5-14-29-15-10-19(11-16-29)21(24)30)27-13-9-18-7-6-8-20(17-18)22(31)28(2)3/h6-8,17,19H,4-5,9-16H2,1-3H3,(H2,24,30)(H2,25,26,27). The van der Waals surface area contributed by atoms with Crippen molar-refractivity contribution in [1.82, 2.24) is 20.4 Å². The van der Waals surface area contributed by atoms with Gasteiger partial charge in [-0.1, -0.05) is 12.1 Å². The molecule has 8 nitrogen and oxygen atoms in total. The molecule has 172 valence electrons. The van der Waals surface area contributed by atoms with Crippen LogP contribution in [-0.2, 0) is 11.2 Å². The number of nitrogens with zero attached hydrogens (tertiary/aromatic N) is 3. The number of rotatable bonds is 10. The predicted octanol–water partition coefficient (Wildman–Crippen LogP) is 1.07. The van der Waals surface area contributed by atoms with Crippen LogP contribution in [0.3, 0.4) is 0 Å². The summed E-state index contributed by atoms with van der Waals surface area (Å²) in [6, 6.07) is 7.76. The van der Waals surface area contributed by atoms with E-state index in [-0.39, 0.29) is 17.7 Å². The SMILES string of the molecule is CN=C(NCCCCN1CCC(C(N)=O)CC1)NCCc1cccc(C(=O)N(C)C)c1. The Morgan fingerprint density at radius 1 is 1.16 bits per heavy atom. The van der Waals surface area contributed by atoms with E-state index in [4.69, 9.17) is 5.73 Å². The Morgan fingerprint density at radius 3 is 2.52 bits per heavy atom. The van der Waals surface area contributed by atoms with Crippen LogP contribution in [-0.4, -0.2) is 81.4 Å². The number of nitrogens with two attached hydrogens (primary N) is 1. The van der Waals surface area contributed by atoms with Gasteiger partial charge in [0.15, 0.2) is 5.96 Å². The summed E-state index contributed by atoms with van der Waals surface area (Å²) in [7, 11) is 5.30. The highest BCUT2D eigenvalue weighted by Crippen LogP contribution is 2.16. The maximum absolute atomic E-state index is 12.1. The zero-order chi connectivity index (χ0) is 22.6. The van der Waals surface area contributed by atoms with Crippen LogP contribution in [0, 0.1) is 5.92 Å². The molecule has 1 aliphatic rings. The normalized spacial score (nSPS) is 15.5. The number of hydrogen-bond acceptors (Lipinski definition) is 4. The summed E-state index contributed by atoms with van der Waals surface area (Å²) in [5, 5.41) is 6.69. The van der Waals surface area contributed by atoms with Crippen molar-refractivity contribution in [3.63, 3.8) is 0 Å². The minimum absolute atomic E-state index is 0.0181. The Balaban J connectivity index is 1.60. The summed E-state index contributed by atoms with van der Waals surface area (Å²) in [5.41, 5.74) is 7.23. The summed E-state index contributed by atoms with van der Waals surface area (Å²) in [6.07, 6.45) is 4.76. The van der Waals surface area contributed by atoms with Gasteiger partial charge in [0.25, 0.3) is 5.91 Å². The van der Waals surface area contributed by atoms with Crippen molar-refractivity contribution < 1.29 is 9.59 Å². The van der Waals surface area contributed by atoms with Gasteiger partial charge in [0, 0.05) is 45.7 Å². The average Bonchev–Trinajstić information content (AvgIpc) is 2.77. The summed E-state index contributed by atoms with van der Waals surface area (Å²) >= 11 is 0. The van der Waals surface area contributed by atoms with E-state index in [1.807, 2.05) is 24.3 Å². The monoisotopic (exact) mass is 430 g/mol. The number of guanidine groups is 1. The quantitative estimate of drug-likeness (QED) is 0.293. The Kier molecular flexibility index (Phi) is 10.3. The molecule has 0 spiro atoms. The first-order valence-corrected chi connectivity index (χ1v) is 11.2. The first kappa shape index (κ1) is 24.7. The number of primary amides is 1. The Labute approximate surface area is 186 Å². The first-order chi connectivity index (χ1) is 14.9. The van der Waals surface area contributed by atoms with Gasteiger partial charge >= 0.3 is 0 Å². The van der Waals surface area contributed by atoms with Crippen LogP contribution in [0.1, 0.15) is 41.6 Å². The van der Waals surface area contributed by atoms with Crippen molar-refractivity contribution >= 4 is 17.8 Å². The molecule has 8 heteroatoms. The molecule has 1 aromatic carbocycles. The molecule has 2 amide bonds. The molecule has 0 atom stereocenters. The maximum Gasteiger partial charge on any atom is 0.253 e. The molecule has 0 aromatic heterocycles. The summed E-state index contributed by atoms with van der Waals surface area (Å²) in [4.78, 5) is 31.6. The Hall–Kier alpha value is -2.61. The maximum atomic E-state index is 12.1. The molecule has 0 bridgehead atoms. The van der Waals surface area contributed by atoms with E-state index in [9.17, 15) is 9.59 Å². The third kappa shape index (κ3) is 8.57. The molecule has 1 aliphatic heterocycles. The molecule has 0 aliphatic carbocycles. The molecule has 0 unspecified atom stereocenters. The largest absolute Gasteiger partial charge is 0.369 e. The van der Waals surface area contributed by atoms with E-state index < -0.39 is 0 Å². The number of benzene rings is 1. The van der Waals surface area contributed by atoms with Crippen molar-refractivity contribution in [2.75, 3.05) is 53.9 Å². The van der Waals surface area contributed by atoms with Crippen LogP contribution in [0.25, 0.3) is 0 Å². The average molecular weight is 431 g/mol. The first-order valence-electron chi connectivity index (χ1n) is 11.2. The van der Waals surface area contributed by atoms with Gasteiger partial charge < -0.3 is 26.2 Å². The second-order valence-corrected chi connectivity index (χ2v) is 8.30. The number of amides is 2. The van der Waals surface area contributed by atoms with Crippen LogP contribution >= 0.6 is 0 Å². The molecule has 0 saturated carbocycles.